The zero-order chi connectivity index (χ0) is 14.3. The molecule has 0 aliphatic carbocycles. The summed E-state index contributed by atoms with van der Waals surface area (Å²) in [6.45, 7) is 1.08. The van der Waals surface area contributed by atoms with Gasteiger partial charge in [-0.25, -0.2) is 0 Å². The molecule has 1 fully saturated rings. The summed E-state index contributed by atoms with van der Waals surface area (Å²) in [5, 5.41) is 4.52. The third kappa shape index (κ3) is 4.29. The van der Waals surface area contributed by atoms with E-state index in [4.69, 9.17) is 0 Å². The Morgan fingerprint density at radius 2 is 1.52 bits per heavy atom. The molecule has 110 valence electrons. The van der Waals surface area contributed by atoms with Crippen molar-refractivity contribution in [2.45, 2.75) is 11.3 Å². The van der Waals surface area contributed by atoms with Gasteiger partial charge in [0.25, 0.3) is 0 Å². The van der Waals surface area contributed by atoms with Gasteiger partial charge < -0.3 is 5.32 Å². The highest BCUT2D eigenvalue weighted by Crippen LogP contribution is 2.26. The molecule has 0 aromatic heterocycles. The first-order valence-electron chi connectivity index (χ1n) is 7.46. The van der Waals surface area contributed by atoms with Crippen LogP contribution in [0, 0.1) is 0 Å². The molecule has 0 amide bonds. The average Bonchev–Trinajstić information content (AvgIpc) is 2.58. The third-order valence-corrected chi connectivity index (χ3v) is 6.55. The second kappa shape index (κ2) is 7.92. The van der Waals surface area contributed by atoms with E-state index in [0.717, 1.165) is 11.8 Å². The number of nitrogens with one attached hydrogen (secondary N) is 1. The lowest BCUT2D eigenvalue weighted by Gasteiger charge is -2.25. The molecule has 1 nitrogen and oxygen atoms in total. The molecule has 1 unspecified atom stereocenters. The molecule has 1 heterocycles. The Morgan fingerprint density at radius 3 is 2.05 bits per heavy atom. The average molecular weight is 316 g/mol. The second-order valence-corrected chi connectivity index (χ2v) is 7.79. The summed E-state index contributed by atoms with van der Waals surface area (Å²) >= 11 is 4.20. The van der Waals surface area contributed by atoms with Crippen LogP contribution >= 0.6 is 23.5 Å². The molecule has 1 aliphatic heterocycles. The second-order valence-electron chi connectivity index (χ2n) is 5.23. The molecular formula is C18H21NS2. The van der Waals surface area contributed by atoms with Gasteiger partial charge in [-0.1, -0.05) is 60.7 Å². The first-order chi connectivity index (χ1) is 10.4. The van der Waals surface area contributed by atoms with Crippen LogP contribution in [-0.4, -0.2) is 29.1 Å². The first kappa shape index (κ1) is 15.0. The zero-order valence-electron chi connectivity index (χ0n) is 12.1. The van der Waals surface area contributed by atoms with Gasteiger partial charge in [-0.2, -0.15) is 23.5 Å². The molecule has 2 aromatic rings. The number of benzene rings is 2. The largest absolute Gasteiger partial charge is 0.305 e. The van der Waals surface area contributed by atoms with E-state index >= 15 is 0 Å². The van der Waals surface area contributed by atoms with Crippen LogP contribution in [0.3, 0.4) is 0 Å². The van der Waals surface area contributed by atoms with E-state index in [1.54, 1.807) is 0 Å². The molecule has 2 aromatic carbocycles. The lowest BCUT2D eigenvalue weighted by Crippen LogP contribution is -2.32. The van der Waals surface area contributed by atoms with Gasteiger partial charge in [-0.15, -0.1) is 0 Å². The fourth-order valence-corrected chi connectivity index (χ4v) is 5.25. The lowest BCUT2D eigenvalue weighted by molar-refractivity contribution is 0.606. The van der Waals surface area contributed by atoms with Gasteiger partial charge in [0, 0.05) is 29.1 Å². The molecule has 0 saturated carbocycles. The van der Waals surface area contributed by atoms with E-state index in [9.17, 15) is 0 Å². The van der Waals surface area contributed by atoms with Gasteiger partial charge in [-0.3, -0.25) is 0 Å². The molecule has 1 saturated heterocycles. The standard InChI is InChI=1S/C18H21NS2/c1-3-7-15(8-4-1)18(16-9-5-2-6-10-16)19-13-17-14-20-11-12-21-17/h1-10,17-19H,11-14H2. The Bertz CT molecular complexity index is 484. The molecule has 0 spiro atoms. The topological polar surface area (TPSA) is 12.0 Å². The maximum absolute atomic E-state index is 3.79. The van der Waals surface area contributed by atoms with Crippen molar-refractivity contribution < 1.29 is 0 Å². The Morgan fingerprint density at radius 1 is 0.905 bits per heavy atom. The van der Waals surface area contributed by atoms with Crippen molar-refractivity contribution in [2.75, 3.05) is 23.8 Å². The summed E-state index contributed by atoms with van der Waals surface area (Å²) in [4.78, 5) is 0. The van der Waals surface area contributed by atoms with Crippen LogP contribution in [-0.2, 0) is 0 Å². The lowest BCUT2D eigenvalue weighted by atomic mass is 9.99. The summed E-state index contributed by atoms with van der Waals surface area (Å²) in [5.74, 6) is 3.87. The minimum absolute atomic E-state index is 0.292. The quantitative estimate of drug-likeness (QED) is 0.887. The molecule has 1 atom stereocenters. The number of thioether (sulfide) groups is 2. The Kier molecular flexibility index (Phi) is 5.67. The van der Waals surface area contributed by atoms with E-state index < -0.39 is 0 Å². The molecule has 3 rings (SSSR count). The number of hydrogen-bond donors (Lipinski definition) is 1. The van der Waals surface area contributed by atoms with E-state index in [-0.39, 0.29) is 0 Å². The molecule has 1 N–H and O–H groups in total. The minimum Gasteiger partial charge on any atom is -0.305 e. The molecule has 3 heteroatoms. The zero-order valence-corrected chi connectivity index (χ0v) is 13.7. The highest BCUT2D eigenvalue weighted by molar-refractivity contribution is 8.06. The summed E-state index contributed by atoms with van der Waals surface area (Å²) in [6.07, 6.45) is 0. The predicted octanol–water partition coefficient (Wildman–Crippen LogP) is 4.21. The summed E-state index contributed by atoms with van der Waals surface area (Å²) in [6, 6.07) is 21.8. The highest BCUT2D eigenvalue weighted by atomic mass is 32.2. The van der Waals surface area contributed by atoms with E-state index in [2.05, 4.69) is 89.5 Å². The molecule has 0 radical (unpaired) electrons. The SMILES string of the molecule is c1ccc(C(NCC2CSCCS2)c2ccccc2)cc1. The van der Waals surface area contributed by atoms with Crippen LogP contribution in [0.2, 0.25) is 0 Å². The van der Waals surface area contributed by atoms with Gasteiger partial charge in [0.15, 0.2) is 0 Å². The fourth-order valence-electron chi connectivity index (χ4n) is 2.62. The van der Waals surface area contributed by atoms with Crippen molar-refractivity contribution in [3.8, 4) is 0 Å². The predicted molar refractivity (Wildman–Crippen MR) is 96.3 cm³/mol. The molecular weight excluding hydrogens is 294 g/mol. The van der Waals surface area contributed by atoms with Crippen molar-refractivity contribution in [1.82, 2.24) is 5.32 Å². The third-order valence-electron chi connectivity index (χ3n) is 3.70. The Labute approximate surface area is 135 Å². The van der Waals surface area contributed by atoms with Gasteiger partial charge in [0.2, 0.25) is 0 Å². The van der Waals surface area contributed by atoms with Crippen molar-refractivity contribution in [2.24, 2.45) is 0 Å². The van der Waals surface area contributed by atoms with Crippen molar-refractivity contribution in [3.63, 3.8) is 0 Å². The summed E-state index contributed by atoms with van der Waals surface area (Å²) < 4.78 is 0. The van der Waals surface area contributed by atoms with Gasteiger partial charge in [0.1, 0.15) is 0 Å². The van der Waals surface area contributed by atoms with Gasteiger partial charge in [-0.05, 0) is 11.1 Å². The maximum Gasteiger partial charge on any atom is 0.0577 e. The minimum atomic E-state index is 0.292. The van der Waals surface area contributed by atoms with Crippen LogP contribution in [0.1, 0.15) is 17.2 Å². The fraction of sp³-hybridized carbons (Fsp3) is 0.333. The Balaban J connectivity index is 1.73. The summed E-state index contributed by atoms with van der Waals surface area (Å²) in [7, 11) is 0. The maximum atomic E-state index is 3.79. The smallest absolute Gasteiger partial charge is 0.0577 e. The van der Waals surface area contributed by atoms with Crippen LogP contribution in [0.15, 0.2) is 60.7 Å². The van der Waals surface area contributed by atoms with Crippen LogP contribution in [0.5, 0.6) is 0 Å². The van der Waals surface area contributed by atoms with Crippen molar-refractivity contribution >= 4 is 23.5 Å². The van der Waals surface area contributed by atoms with E-state index in [1.807, 2.05) is 0 Å². The highest BCUT2D eigenvalue weighted by Gasteiger charge is 2.18. The molecule has 21 heavy (non-hydrogen) atoms. The van der Waals surface area contributed by atoms with E-state index in [0.29, 0.717) is 6.04 Å². The van der Waals surface area contributed by atoms with Crippen LogP contribution < -0.4 is 5.32 Å². The van der Waals surface area contributed by atoms with Gasteiger partial charge in [0.05, 0.1) is 6.04 Å². The Hall–Kier alpha value is -0.900. The van der Waals surface area contributed by atoms with Crippen molar-refractivity contribution in [3.05, 3.63) is 71.8 Å². The van der Waals surface area contributed by atoms with Crippen molar-refractivity contribution in [1.29, 1.82) is 0 Å². The molecule has 0 bridgehead atoms. The normalized spacial score (nSPS) is 18.8. The van der Waals surface area contributed by atoms with Crippen LogP contribution in [0.25, 0.3) is 0 Å². The monoisotopic (exact) mass is 315 g/mol. The first-order valence-corrected chi connectivity index (χ1v) is 9.66. The van der Waals surface area contributed by atoms with Gasteiger partial charge >= 0.3 is 0 Å². The number of rotatable bonds is 5. The van der Waals surface area contributed by atoms with Crippen LogP contribution in [0.4, 0.5) is 0 Å². The summed E-state index contributed by atoms with van der Waals surface area (Å²) in [5.41, 5.74) is 2.69. The van der Waals surface area contributed by atoms with E-state index in [1.165, 1.54) is 28.4 Å². The number of hydrogen-bond acceptors (Lipinski definition) is 3. The molecule has 1 aliphatic rings.